The van der Waals surface area contributed by atoms with E-state index in [1.807, 2.05) is 59.2 Å². The van der Waals surface area contributed by atoms with Gasteiger partial charge in [0.25, 0.3) is 5.56 Å². The number of aryl methyl sites for hydroxylation is 2. The molecular weight excluding hydrogens is 399 g/mol. The average molecular weight is 420 g/mol. The van der Waals surface area contributed by atoms with E-state index in [4.69, 9.17) is 0 Å². The van der Waals surface area contributed by atoms with E-state index in [1.165, 1.54) is 17.7 Å². The Labute approximate surface area is 185 Å². The summed E-state index contributed by atoms with van der Waals surface area (Å²) in [7, 11) is 0. The van der Waals surface area contributed by atoms with Crippen molar-refractivity contribution in [3.63, 3.8) is 0 Å². The Hall–Kier alpha value is -4.05. The number of fused-ring (bicyclic) bond motifs is 1. The molecule has 0 N–H and O–H groups in total. The minimum Gasteiger partial charge on any atom is -0.307 e. The van der Waals surface area contributed by atoms with Gasteiger partial charge in [-0.25, -0.2) is 4.39 Å². The van der Waals surface area contributed by atoms with Crippen molar-refractivity contribution in [2.24, 2.45) is 0 Å². The van der Waals surface area contributed by atoms with Crippen LogP contribution in [0, 0.1) is 5.82 Å². The van der Waals surface area contributed by atoms with Crippen molar-refractivity contribution in [1.82, 2.24) is 9.55 Å². The number of rotatable bonds is 5. The Balaban J connectivity index is 1.79. The third-order valence-corrected chi connectivity index (χ3v) is 5.74. The third-order valence-electron chi connectivity index (χ3n) is 5.74. The van der Waals surface area contributed by atoms with E-state index in [-0.39, 0.29) is 11.4 Å². The van der Waals surface area contributed by atoms with E-state index in [1.54, 1.807) is 24.5 Å². The molecule has 4 heteroatoms. The predicted octanol–water partition coefficient (Wildman–Crippen LogP) is 6.11. The van der Waals surface area contributed by atoms with Gasteiger partial charge in [0.15, 0.2) is 0 Å². The van der Waals surface area contributed by atoms with Crippen molar-refractivity contribution >= 4 is 10.9 Å². The van der Waals surface area contributed by atoms with Crippen molar-refractivity contribution in [3.8, 4) is 22.3 Å². The molecular formula is C28H21FN2O. The SMILES string of the molecule is O=c1c(-c2ccc(F)cc2)c(-c2ccncc2)c2ccccc2n1CCc1ccccc1. The number of hydrogen-bond acceptors (Lipinski definition) is 2. The minimum absolute atomic E-state index is 0.0851. The van der Waals surface area contributed by atoms with Gasteiger partial charge in [-0.2, -0.15) is 0 Å². The third kappa shape index (κ3) is 3.71. The minimum atomic E-state index is -0.329. The highest BCUT2D eigenvalue weighted by atomic mass is 19.1. The number of benzene rings is 3. The van der Waals surface area contributed by atoms with Crippen LogP contribution in [-0.2, 0) is 13.0 Å². The molecule has 0 saturated heterocycles. The second kappa shape index (κ2) is 8.60. The van der Waals surface area contributed by atoms with E-state index >= 15 is 0 Å². The molecule has 0 fully saturated rings. The average Bonchev–Trinajstić information content (AvgIpc) is 2.85. The fraction of sp³-hybridized carbons (Fsp3) is 0.0714. The first-order chi connectivity index (χ1) is 15.7. The molecule has 32 heavy (non-hydrogen) atoms. The molecule has 0 saturated carbocycles. The van der Waals surface area contributed by atoms with E-state index in [0.29, 0.717) is 17.7 Å². The topological polar surface area (TPSA) is 34.9 Å². The summed E-state index contributed by atoms with van der Waals surface area (Å²) in [6, 6.07) is 28.0. The van der Waals surface area contributed by atoms with Gasteiger partial charge >= 0.3 is 0 Å². The molecule has 5 aromatic rings. The molecule has 0 aliphatic heterocycles. The summed E-state index contributed by atoms with van der Waals surface area (Å²) < 4.78 is 15.5. The van der Waals surface area contributed by atoms with Gasteiger partial charge in [-0.05, 0) is 53.4 Å². The first-order valence-corrected chi connectivity index (χ1v) is 10.6. The Kier molecular flexibility index (Phi) is 5.34. The normalized spacial score (nSPS) is 11.0. The molecule has 3 aromatic carbocycles. The molecule has 0 unspecified atom stereocenters. The first-order valence-electron chi connectivity index (χ1n) is 10.6. The van der Waals surface area contributed by atoms with Gasteiger partial charge in [-0.15, -0.1) is 0 Å². The fourth-order valence-electron chi connectivity index (χ4n) is 4.22. The second-order valence-corrected chi connectivity index (χ2v) is 7.70. The highest BCUT2D eigenvalue weighted by molar-refractivity contribution is 6.02. The zero-order valence-electron chi connectivity index (χ0n) is 17.4. The summed E-state index contributed by atoms with van der Waals surface area (Å²) >= 11 is 0. The first kappa shape index (κ1) is 19.9. The lowest BCUT2D eigenvalue weighted by Gasteiger charge is -2.18. The largest absolute Gasteiger partial charge is 0.307 e. The van der Waals surface area contributed by atoms with Crippen LogP contribution in [0.25, 0.3) is 33.2 Å². The van der Waals surface area contributed by atoms with Gasteiger partial charge in [0.1, 0.15) is 5.82 Å². The van der Waals surface area contributed by atoms with E-state index in [0.717, 1.165) is 28.5 Å². The van der Waals surface area contributed by atoms with Crippen LogP contribution < -0.4 is 5.56 Å². The summed E-state index contributed by atoms with van der Waals surface area (Å²) in [5.41, 5.74) is 4.98. The van der Waals surface area contributed by atoms with Crippen LogP contribution >= 0.6 is 0 Å². The fourth-order valence-corrected chi connectivity index (χ4v) is 4.22. The van der Waals surface area contributed by atoms with Crippen LogP contribution in [0.5, 0.6) is 0 Å². The van der Waals surface area contributed by atoms with Crippen molar-refractivity contribution < 1.29 is 4.39 Å². The molecule has 5 rings (SSSR count). The summed E-state index contributed by atoms with van der Waals surface area (Å²) in [6.45, 7) is 0.550. The Morgan fingerprint density at radius 1 is 0.719 bits per heavy atom. The van der Waals surface area contributed by atoms with E-state index < -0.39 is 0 Å². The lowest BCUT2D eigenvalue weighted by Crippen LogP contribution is -2.24. The number of pyridine rings is 2. The standard InChI is InChI=1S/C28H21FN2O/c29-23-12-10-21(11-13-23)27-26(22-14-17-30-18-15-22)24-8-4-5-9-25(24)31(28(27)32)19-16-20-6-2-1-3-7-20/h1-15,17-18H,16,19H2. The number of para-hydroxylation sites is 1. The molecule has 0 aliphatic carbocycles. The van der Waals surface area contributed by atoms with Gasteiger partial charge in [-0.3, -0.25) is 9.78 Å². The summed E-state index contributed by atoms with van der Waals surface area (Å²) in [4.78, 5) is 18.1. The highest BCUT2D eigenvalue weighted by Gasteiger charge is 2.19. The van der Waals surface area contributed by atoms with Crippen LogP contribution in [0.15, 0.2) is 108 Å². The molecule has 0 spiro atoms. The van der Waals surface area contributed by atoms with Crippen LogP contribution in [0.2, 0.25) is 0 Å². The maximum Gasteiger partial charge on any atom is 0.259 e. The molecule has 0 aliphatic rings. The Morgan fingerprint density at radius 3 is 2.12 bits per heavy atom. The molecule has 0 radical (unpaired) electrons. The zero-order valence-corrected chi connectivity index (χ0v) is 17.4. The van der Waals surface area contributed by atoms with E-state index in [9.17, 15) is 9.18 Å². The van der Waals surface area contributed by atoms with Crippen molar-refractivity contribution in [2.75, 3.05) is 0 Å². The van der Waals surface area contributed by atoms with E-state index in [2.05, 4.69) is 17.1 Å². The summed E-state index contributed by atoms with van der Waals surface area (Å²) in [5.74, 6) is -0.329. The summed E-state index contributed by atoms with van der Waals surface area (Å²) in [5, 5.41) is 0.977. The van der Waals surface area contributed by atoms with Crippen LogP contribution in [0.1, 0.15) is 5.56 Å². The van der Waals surface area contributed by atoms with Crippen LogP contribution in [0.3, 0.4) is 0 Å². The molecule has 2 aromatic heterocycles. The quantitative estimate of drug-likeness (QED) is 0.344. The number of aromatic nitrogens is 2. The van der Waals surface area contributed by atoms with Gasteiger partial charge in [0, 0.05) is 29.9 Å². The molecule has 3 nitrogen and oxygen atoms in total. The van der Waals surface area contributed by atoms with Crippen molar-refractivity contribution in [2.45, 2.75) is 13.0 Å². The molecule has 0 atom stereocenters. The molecule has 156 valence electrons. The van der Waals surface area contributed by atoms with Crippen LogP contribution in [-0.4, -0.2) is 9.55 Å². The lowest BCUT2D eigenvalue weighted by atomic mass is 9.92. The van der Waals surface area contributed by atoms with Crippen molar-refractivity contribution in [3.05, 3.63) is 125 Å². The van der Waals surface area contributed by atoms with Crippen molar-refractivity contribution in [1.29, 1.82) is 0 Å². The Morgan fingerprint density at radius 2 is 1.38 bits per heavy atom. The zero-order chi connectivity index (χ0) is 21.9. The smallest absolute Gasteiger partial charge is 0.259 e. The lowest BCUT2D eigenvalue weighted by molar-refractivity contribution is 0.628. The van der Waals surface area contributed by atoms with Gasteiger partial charge in [0.05, 0.1) is 11.1 Å². The van der Waals surface area contributed by atoms with Gasteiger partial charge < -0.3 is 4.57 Å². The number of nitrogens with zero attached hydrogens (tertiary/aromatic N) is 2. The number of halogens is 1. The maximum atomic E-state index is 13.9. The maximum absolute atomic E-state index is 13.9. The molecule has 2 heterocycles. The molecule has 0 amide bonds. The molecule has 0 bridgehead atoms. The van der Waals surface area contributed by atoms with Gasteiger partial charge in [-0.1, -0.05) is 60.7 Å². The second-order valence-electron chi connectivity index (χ2n) is 7.70. The Bertz CT molecular complexity index is 1430. The number of hydrogen-bond donors (Lipinski definition) is 0. The van der Waals surface area contributed by atoms with Crippen LogP contribution in [0.4, 0.5) is 4.39 Å². The predicted molar refractivity (Wildman–Crippen MR) is 127 cm³/mol. The summed E-state index contributed by atoms with van der Waals surface area (Å²) in [6.07, 6.45) is 4.18. The monoisotopic (exact) mass is 420 g/mol. The van der Waals surface area contributed by atoms with Gasteiger partial charge in [0.2, 0.25) is 0 Å². The highest BCUT2D eigenvalue weighted by Crippen LogP contribution is 2.35.